The van der Waals surface area contributed by atoms with Crippen molar-refractivity contribution in [3.63, 3.8) is 0 Å². The molecule has 0 bridgehead atoms. The fourth-order valence-electron chi connectivity index (χ4n) is 4.10. The summed E-state index contributed by atoms with van der Waals surface area (Å²) in [6.07, 6.45) is 0. The van der Waals surface area contributed by atoms with Gasteiger partial charge in [-0.05, 0) is 61.1 Å². The van der Waals surface area contributed by atoms with E-state index in [1.807, 2.05) is 78.6 Å². The van der Waals surface area contributed by atoms with E-state index >= 15 is 0 Å². The van der Waals surface area contributed by atoms with Gasteiger partial charge in [-0.3, -0.25) is 4.79 Å². The lowest BCUT2D eigenvalue weighted by atomic mass is 10.1. The molecule has 1 aromatic heterocycles. The van der Waals surface area contributed by atoms with Crippen molar-refractivity contribution in [2.75, 3.05) is 25.6 Å². The minimum absolute atomic E-state index is 0.169. The quantitative estimate of drug-likeness (QED) is 0.360. The zero-order valence-corrected chi connectivity index (χ0v) is 21.0. The molecular weight excluding hydrogens is 474 g/mol. The van der Waals surface area contributed by atoms with Gasteiger partial charge in [0.15, 0.2) is 16.6 Å². The fourth-order valence-corrected chi connectivity index (χ4v) is 4.35. The van der Waals surface area contributed by atoms with E-state index in [-0.39, 0.29) is 5.56 Å². The maximum absolute atomic E-state index is 13.1. The Balaban J connectivity index is 1.45. The number of methoxy groups -OCH3 is 1. The maximum atomic E-state index is 13.1. The molecule has 2 heterocycles. The number of aryl methyl sites for hydroxylation is 1. The van der Waals surface area contributed by atoms with Gasteiger partial charge in [0.2, 0.25) is 0 Å². The average Bonchev–Trinajstić information content (AvgIpc) is 2.89. The molecule has 0 spiro atoms. The number of hydrogen-bond acceptors (Lipinski definition) is 5. The molecule has 0 radical (unpaired) electrons. The number of pyridine rings is 1. The summed E-state index contributed by atoms with van der Waals surface area (Å²) < 4.78 is 16.7. The van der Waals surface area contributed by atoms with Crippen molar-refractivity contribution in [2.24, 2.45) is 0 Å². The van der Waals surface area contributed by atoms with Crippen LogP contribution in [0, 0.1) is 6.92 Å². The number of H-pyrrole nitrogens is 1. The van der Waals surface area contributed by atoms with E-state index in [0.29, 0.717) is 54.0 Å². The number of fused-ring (bicyclic) bond motifs is 2. The highest BCUT2D eigenvalue weighted by Gasteiger charge is 2.17. The van der Waals surface area contributed by atoms with Gasteiger partial charge in [-0.15, -0.1) is 0 Å². The molecule has 0 amide bonds. The molecule has 0 saturated heterocycles. The van der Waals surface area contributed by atoms with Crippen LogP contribution in [0.25, 0.3) is 10.9 Å². The van der Waals surface area contributed by atoms with Gasteiger partial charge in [0.1, 0.15) is 19.0 Å². The van der Waals surface area contributed by atoms with E-state index < -0.39 is 0 Å². The van der Waals surface area contributed by atoms with Gasteiger partial charge in [0.05, 0.1) is 19.2 Å². The Hall–Kier alpha value is -4.04. The summed E-state index contributed by atoms with van der Waals surface area (Å²) in [7, 11) is 1.64. The summed E-state index contributed by atoms with van der Waals surface area (Å²) in [4.78, 5) is 18.0. The number of anilines is 1. The molecule has 4 aromatic rings. The van der Waals surface area contributed by atoms with Crippen LogP contribution in [0.15, 0.2) is 71.5 Å². The monoisotopic (exact) mass is 501 g/mol. The first-order valence-electron chi connectivity index (χ1n) is 11.7. The van der Waals surface area contributed by atoms with Gasteiger partial charge in [0.25, 0.3) is 5.56 Å². The van der Waals surface area contributed by atoms with Crippen molar-refractivity contribution in [1.82, 2.24) is 9.88 Å². The smallest absolute Gasteiger partial charge is 0.253 e. The normalized spacial score (nSPS) is 12.3. The molecule has 1 aliphatic rings. The Morgan fingerprint density at radius 2 is 1.69 bits per heavy atom. The number of thiocarbonyl (C=S) groups is 1. The first kappa shape index (κ1) is 23.7. The Bertz CT molecular complexity index is 1450. The van der Waals surface area contributed by atoms with Gasteiger partial charge >= 0.3 is 0 Å². The summed E-state index contributed by atoms with van der Waals surface area (Å²) in [5.74, 6) is 2.10. The number of nitrogens with one attached hydrogen (secondary N) is 2. The molecule has 0 aliphatic carbocycles. The average molecular weight is 502 g/mol. The minimum Gasteiger partial charge on any atom is -0.497 e. The zero-order valence-electron chi connectivity index (χ0n) is 20.2. The summed E-state index contributed by atoms with van der Waals surface area (Å²) >= 11 is 5.80. The Morgan fingerprint density at radius 3 is 2.39 bits per heavy atom. The number of aromatic amines is 1. The van der Waals surface area contributed by atoms with Gasteiger partial charge < -0.3 is 29.4 Å². The first-order valence-corrected chi connectivity index (χ1v) is 12.1. The van der Waals surface area contributed by atoms with Crippen LogP contribution in [0.3, 0.4) is 0 Å². The summed E-state index contributed by atoms with van der Waals surface area (Å²) in [6, 6.07) is 21.5. The Labute approximate surface area is 214 Å². The van der Waals surface area contributed by atoms with Crippen molar-refractivity contribution in [3.05, 3.63) is 93.8 Å². The lowest BCUT2D eigenvalue weighted by Crippen LogP contribution is -2.35. The molecule has 36 heavy (non-hydrogen) atoms. The van der Waals surface area contributed by atoms with E-state index in [2.05, 4.69) is 10.3 Å². The number of nitrogens with zero attached hydrogens (tertiary/aromatic N) is 1. The molecule has 8 heteroatoms. The third-order valence-electron chi connectivity index (χ3n) is 6.07. The van der Waals surface area contributed by atoms with Crippen molar-refractivity contribution in [3.8, 4) is 17.2 Å². The second-order valence-electron chi connectivity index (χ2n) is 8.71. The number of rotatable bonds is 6. The molecule has 0 fully saturated rings. The van der Waals surface area contributed by atoms with E-state index in [9.17, 15) is 4.79 Å². The van der Waals surface area contributed by atoms with Gasteiger partial charge in [0, 0.05) is 29.2 Å². The summed E-state index contributed by atoms with van der Waals surface area (Å²) in [5.41, 5.74) is 4.23. The summed E-state index contributed by atoms with van der Waals surface area (Å²) in [5, 5.41) is 4.71. The van der Waals surface area contributed by atoms with E-state index in [1.165, 1.54) is 5.56 Å². The molecule has 0 unspecified atom stereocenters. The molecule has 5 rings (SSSR count). The SMILES string of the molecule is COc1ccc(CN(Cc2cc3cc4c(cc3[nH]c2=O)OCCO4)C(=S)Nc2ccc(C)cc2)cc1. The predicted molar refractivity (Wildman–Crippen MR) is 145 cm³/mol. The molecule has 0 saturated carbocycles. The van der Waals surface area contributed by atoms with E-state index in [4.69, 9.17) is 26.4 Å². The third-order valence-corrected chi connectivity index (χ3v) is 6.43. The zero-order chi connectivity index (χ0) is 25.1. The van der Waals surface area contributed by atoms with E-state index in [1.54, 1.807) is 7.11 Å². The highest BCUT2D eigenvalue weighted by atomic mass is 32.1. The third kappa shape index (κ3) is 5.28. The molecule has 184 valence electrons. The predicted octanol–water partition coefficient (Wildman–Crippen LogP) is 5.02. The van der Waals surface area contributed by atoms with Crippen LogP contribution in [0.1, 0.15) is 16.7 Å². The van der Waals surface area contributed by atoms with Crippen LogP contribution in [-0.4, -0.2) is 35.3 Å². The second-order valence-corrected chi connectivity index (χ2v) is 9.09. The Morgan fingerprint density at radius 1 is 1.00 bits per heavy atom. The van der Waals surface area contributed by atoms with Crippen LogP contribution < -0.4 is 25.1 Å². The van der Waals surface area contributed by atoms with E-state index in [0.717, 1.165) is 22.4 Å². The van der Waals surface area contributed by atoms with Gasteiger partial charge in [-0.2, -0.15) is 0 Å². The van der Waals surface area contributed by atoms with Crippen LogP contribution in [0.2, 0.25) is 0 Å². The lowest BCUT2D eigenvalue weighted by Gasteiger charge is -2.26. The van der Waals surface area contributed by atoms with Gasteiger partial charge in [-0.25, -0.2) is 0 Å². The highest BCUT2D eigenvalue weighted by Crippen LogP contribution is 2.33. The first-order chi connectivity index (χ1) is 17.5. The molecule has 1 aliphatic heterocycles. The van der Waals surface area contributed by atoms with Crippen molar-refractivity contribution < 1.29 is 14.2 Å². The lowest BCUT2D eigenvalue weighted by molar-refractivity contribution is 0.172. The number of aromatic nitrogens is 1. The highest BCUT2D eigenvalue weighted by molar-refractivity contribution is 7.80. The molecule has 2 N–H and O–H groups in total. The van der Waals surface area contributed by atoms with Crippen LogP contribution >= 0.6 is 12.2 Å². The number of ether oxygens (including phenoxy) is 3. The van der Waals surface area contributed by atoms with Gasteiger partial charge in [-0.1, -0.05) is 29.8 Å². The topological polar surface area (TPSA) is 75.8 Å². The van der Waals surface area contributed by atoms with Crippen LogP contribution in [0.5, 0.6) is 17.2 Å². The molecule has 3 aromatic carbocycles. The van der Waals surface area contributed by atoms with Crippen molar-refractivity contribution in [1.29, 1.82) is 0 Å². The fraction of sp³-hybridized carbons (Fsp3) is 0.214. The molecular formula is C28H27N3O4S. The van der Waals surface area contributed by atoms with Crippen LogP contribution in [-0.2, 0) is 13.1 Å². The maximum Gasteiger partial charge on any atom is 0.253 e. The molecule has 0 atom stereocenters. The van der Waals surface area contributed by atoms with Crippen molar-refractivity contribution >= 4 is 33.9 Å². The number of hydrogen-bond donors (Lipinski definition) is 2. The largest absolute Gasteiger partial charge is 0.497 e. The van der Waals surface area contributed by atoms with Crippen LogP contribution in [0.4, 0.5) is 5.69 Å². The summed E-state index contributed by atoms with van der Waals surface area (Å²) in [6.45, 7) is 3.87. The molecule has 7 nitrogen and oxygen atoms in total. The second kappa shape index (κ2) is 10.3. The Kier molecular flexibility index (Phi) is 6.77. The number of benzene rings is 3. The van der Waals surface area contributed by atoms with Crippen molar-refractivity contribution in [2.45, 2.75) is 20.0 Å². The minimum atomic E-state index is -0.169. The standard InChI is InChI=1S/C28H27N3O4S/c1-18-3-7-22(8-4-18)29-28(36)31(16-19-5-9-23(33-2)10-6-19)17-21-13-20-14-25-26(35-12-11-34-25)15-24(20)30-27(21)32/h3-10,13-15H,11-12,16-17H2,1-2H3,(H,29,36)(H,30,32).